The number of ether oxygens (including phenoxy) is 1. The van der Waals surface area contributed by atoms with Gasteiger partial charge in [-0.05, 0) is 67.1 Å². The molecule has 0 spiro atoms. The van der Waals surface area contributed by atoms with Gasteiger partial charge in [-0.25, -0.2) is 9.97 Å². The maximum atomic E-state index is 5.58. The molecule has 0 saturated heterocycles. The second kappa shape index (κ2) is 8.20. The molecule has 154 valence electrons. The van der Waals surface area contributed by atoms with E-state index in [0.717, 1.165) is 40.0 Å². The minimum absolute atomic E-state index is 0.639. The average molecular weight is 409 g/mol. The fraction of sp³-hybridized carbons (Fsp3) is 0.154. The molecule has 5 nitrogen and oxygen atoms in total. The summed E-state index contributed by atoms with van der Waals surface area (Å²) >= 11 is 0. The lowest BCUT2D eigenvalue weighted by atomic mass is 10.0. The molecule has 2 aromatic heterocycles. The number of benzene rings is 3. The molecule has 2 heterocycles. The molecule has 1 N–H and O–H groups in total. The van der Waals surface area contributed by atoms with Crippen LogP contribution in [0.25, 0.3) is 38.9 Å². The van der Waals surface area contributed by atoms with Crippen LogP contribution >= 0.6 is 0 Å². The lowest BCUT2D eigenvalue weighted by Gasteiger charge is -2.08. The highest BCUT2D eigenvalue weighted by Crippen LogP contribution is 2.26. The van der Waals surface area contributed by atoms with Gasteiger partial charge in [-0.2, -0.15) is 0 Å². The smallest absolute Gasteiger partial charge is 0.139 e. The zero-order chi connectivity index (χ0) is 21.2. The van der Waals surface area contributed by atoms with E-state index < -0.39 is 0 Å². The molecule has 0 aliphatic heterocycles. The van der Waals surface area contributed by atoms with Crippen molar-refractivity contribution in [3.63, 3.8) is 0 Å². The fourth-order valence-corrected chi connectivity index (χ4v) is 3.88. The van der Waals surface area contributed by atoms with E-state index in [-0.39, 0.29) is 0 Å². The molecule has 0 amide bonds. The summed E-state index contributed by atoms with van der Waals surface area (Å²) in [5, 5.41) is 4.30. The molecule has 3 aromatic carbocycles. The Morgan fingerprint density at radius 3 is 2.52 bits per heavy atom. The third-order valence-corrected chi connectivity index (χ3v) is 5.42. The van der Waals surface area contributed by atoms with Crippen LogP contribution in [-0.4, -0.2) is 28.2 Å². The van der Waals surface area contributed by atoms with Crippen molar-refractivity contribution in [2.45, 2.75) is 13.5 Å². The van der Waals surface area contributed by atoms with E-state index in [1.54, 1.807) is 0 Å². The van der Waals surface area contributed by atoms with Crippen molar-refractivity contribution >= 4 is 21.9 Å². The van der Waals surface area contributed by atoms with E-state index >= 15 is 0 Å². The number of hydrogen-bond acceptors (Lipinski definition) is 4. The summed E-state index contributed by atoms with van der Waals surface area (Å²) in [6, 6.07) is 25.2. The molecular weight excluding hydrogens is 384 g/mol. The monoisotopic (exact) mass is 408 g/mol. The Kier molecular flexibility index (Phi) is 5.10. The molecule has 0 saturated carbocycles. The van der Waals surface area contributed by atoms with Gasteiger partial charge in [0.1, 0.15) is 17.9 Å². The molecule has 0 atom stereocenters. The normalized spacial score (nSPS) is 11.3. The summed E-state index contributed by atoms with van der Waals surface area (Å²) in [5.74, 6) is 1.68. The standard InChI is InChI=1S/C26H24N4O/c1-3-31-22-10-12-25-24(15-22)28-17-30(25)26-13-9-21-14-20(8-11-23(21)29-26)19-6-4-18(5-7-19)16-27-2/h4-15,17,27H,3,16H2,1-2H3. The van der Waals surface area contributed by atoms with Crippen molar-refractivity contribution in [1.82, 2.24) is 19.9 Å². The Hall–Kier alpha value is -3.70. The zero-order valence-corrected chi connectivity index (χ0v) is 17.7. The lowest BCUT2D eigenvalue weighted by Crippen LogP contribution is -2.04. The molecule has 0 fully saturated rings. The molecule has 5 heteroatoms. The maximum absolute atomic E-state index is 5.58. The van der Waals surface area contributed by atoms with Crippen LogP contribution in [0.1, 0.15) is 12.5 Å². The molecule has 0 aliphatic rings. The highest BCUT2D eigenvalue weighted by molar-refractivity contribution is 5.86. The third kappa shape index (κ3) is 3.76. The number of nitrogens with zero attached hydrogens (tertiary/aromatic N) is 3. The van der Waals surface area contributed by atoms with Gasteiger partial charge in [0.25, 0.3) is 0 Å². The topological polar surface area (TPSA) is 52.0 Å². The molecule has 0 aliphatic carbocycles. The van der Waals surface area contributed by atoms with Crippen LogP contribution in [-0.2, 0) is 6.54 Å². The van der Waals surface area contributed by atoms with Crippen LogP contribution in [0.4, 0.5) is 0 Å². The molecule has 0 radical (unpaired) electrons. The molecule has 31 heavy (non-hydrogen) atoms. The quantitative estimate of drug-likeness (QED) is 0.411. The Bertz CT molecular complexity index is 1360. The van der Waals surface area contributed by atoms with Crippen LogP contribution < -0.4 is 10.1 Å². The first-order valence-corrected chi connectivity index (χ1v) is 10.5. The Morgan fingerprint density at radius 1 is 0.871 bits per heavy atom. The van der Waals surface area contributed by atoms with Crippen LogP contribution in [0.15, 0.2) is 79.1 Å². The van der Waals surface area contributed by atoms with Crippen LogP contribution in [0, 0.1) is 0 Å². The first-order chi connectivity index (χ1) is 15.2. The molecule has 5 rings (SSSR count). The largest absolute Gasteiger partial charge is 0.494 e. The van der Waals surface area contributed by atoms with Gasteiger partial charge in [-0.15, -0.1) is 0 Å². The average Bonchev–Trinajstić information content (AvgIpc) is 3.23. The van der Waals surface area contributed by atoms with Crippen molar-refractivity contribution in [3.8, 4) is 22.7 Å². The molecular formula is C26H24N4O. The summed E-state index contributed by atoms with van der Waals surface area (Å²) in [7, 11) is 1.96. The van der Waals surface area contributed by atoms with E-state index in [9.17, 15) is 0 Å². The van der Waals surface area contributed by atoms with Crippen molar-refractivity contribution in [2.24, 2.45) is 0 Å². The lowest BCUT2D eigenvalue weighted by molar-refractivity contribution is 0.340. The fourth-order valence-electron chi connectivity index (χ4n) is 3.88. The maximum Gasteiger partial charge on any atom is 0.139 e. The number of rotatable bonds is 6. The van der Waals surface area contributed by atoms with Gasteiger partial charge in [0.2, 0.25) is 0 Å². The van der Waals surface area contributed by atoms with Gasteiger partial charge in [-0.3, -0.25) is 4.57 Å². The van der Waals surface area contributed by atoms with Crippen LogP contribution in [0.5, 0.6) is 5.75 Å². The first-order valence-electron chi connectivity index (χ1n) is 10.5. The van der Waals surface area contributed by atoms with Crippen molar-refractivity contribution in [2.75, 3.05) is 13.7 Å². The van der Waals surface area contributed by atoms with E-state index in [2.05, 4.69) is 58.8 Å². The predicted molar refractivity (Wildman–Crippen MR) is 126 cm³/mol. The summed E-state index contributed by atoms with van der Waals surface area (Å²) in [6.07, 6.45) is 1.82. The predicted octanol–water partition coefficient (Wildman–Crippen LogP) is 5.36. The van der Waals surface area contributed by atoms with Gasteiger partial charge in [0.15, 0.2) is 0 Å². The SMILES string of the molecule is CCOc1ccc2c(c1)ncn2-c1ccc2cc(-c3ccc(CNC)cc3)ccc2n1. The van der Waals surface area contributed by atoms with Crippen LogP contribution in [0.2, 0.25) is 0 Å². The molecule has 0 unspecified atom stereocenters. The minimum Gasteiger partial charge on any atom is -0.494 e. The highest BCUT2D eigenvalue weighted by atomic mass is 16.5. The van der Waals surface area contributed by atoms with Crippen LogP contribution in [0.3, 0.4) is 0 Å². The summed E-state index contributed by atoms with van der Waals surface area (Å²) in [4.78, 5) is 9.41. The molecule has 0 bridgehead atoms. The van der Waals surface area contributed by atoms with E-state index in [4.69, 9.17) is 9.72 Å². The number of fused-ring (bicyclic) bond motifs is 2. The van der Waals surface area contributed by atoms with Crippen molar-refractivity contribution in [1.29, 1.82) is 0 Å². The second-order valence-electron chi connectivity index (χ2n) is 7.50. The Morgan fingerprint density at radius 2 is 1.71 bits per heavy atom. The summed E-state index contributed by atoms with van der Waals surface area (Å²) in [6.45, 7) is 3.49. The van der Waals surface area contributed by atoms with Gasteiger partial charge >= 0.3 is 0 Å². The Balaban J connectivity index is 1.48. The summed E-state index contributed by atoms with van der Waals surface area (Å²) in [5.41, 5.74) is 6.53. The number of hydrogen-bond donors (Lipinski definition) is 1. The molecule has 5 aromatic rings. The zero-order valence-electron chi connectivity index (χ0n) is 17.7. The number of pyridine rings is 1. The van der Waals surface area contributed by atoms with Gasteiger partial charge in [0, 0.05) is 18.0 Å². The highest BCUT2D eigenvalue weighted by Gasteiger charge is 2.09. The Labute approximate surface area is 181 Å². The summed E-state index contributed by atoms with van der Waals surface area (Å²) < 4.78 is 7.60. The van der Waals surface area contributed by atoms with Crippen molar-refractivity contribution < 1.29 is 4.74 Å². The van der Waals surface area contributed by atoms with E-state index in [1.165, 1.54) is 16.7 Å². The first kappa shape index (κ1) is 19.3. The van der Waals surface area contributed by atoms with Crippen molar-refractivity contribution in [3.05, 3.63) is 84.7 Å². The number of nitrogens with one attached hydrogen (secondary N) is 1. The van der Waals surface area contributed by atoms with Gasteiger partial charge in [0.05, 0.1) is 23.2 Å². The van der Waals surface area contributed by atoms with E-state index in [0.29, 0.717) is 6.61 Å². The number of imidazole rings is 1. The second-order valence-corrected chi connectivity index (χ2v) is 7.50. The van der Waals surface area contributed by atoms with Gasteiger partial charge in [-0.1, -0.05) is 30.3 Å². The number of aromatic nitrogens is 3. The van der Waals surface area contributed by atoms with Gasteiger partial charge < -0.3 is 10.1 Å². The minimum atomic E-state index is 0.639. The van der Waals surface area contributed by atoms with E-state index in [1.807, 2.05) is 49.1 Å². The third-order valence-electron chi connectivity index (χ3n) is 5.42.